The number of nitrogens with one attached hydrogen (secondary N) is 1. The van der Waals surface area contributed by atoms with E-state index in [1.165, 1.54) is 0 Å². The van der Waals surface area contributed by atoms with Gasteiger partial charge in [-0.3, -0.25) is 9.78 Å². The average Bonchev–Trinajstić information content (AvgIpc) is 2.93. The summed E-state index contributed by atoms with van der Waals surface area (Å²) >= 11 is 0. The average molecular weight is 329 g/mol. The number of aryl methyl sites for hydroxylation is 1. The fraction of sp³-hybridized carbons (Fsp3) is 0.444. The Balaban J connectivity index is 1.93. The number of carbonyl (C=O) groups excluding carboxylic acids is 1. The van der Waals surface area contributed by atoms with E-state index >= 15 is 0 Å². The first-order valence-electron chi connectivity index (χ1n) is 8.10. The van der Waals surface area contributed by atoms with Crippen LogP contribution in [-0.2, 0) is 4.79 Å². The summed E-state index contributed by atoms with van der Waals surface area (Å²) in [5.74, 6) is 0.665. The highest BCUT2D eigenvalue weighted by molar-refractivity contribution is 5.93. The van der Waals surface area contributed by atoms with Crippen molar-refractivity contribution in [3.63, 3.8) is 0 Å². The van der Waals surface area contributed by atoms with Crippen LogP contribution in [0, 0.1) is 12.8 Å². The zero-order valence-electron chi connectivity index (χ0n) is 14.2. The van der Waals surface area contributed by atoms with Crippen molar-refractivity contribution in [2.45, 2.75) is 19.4 Å². The number of aliphatic hydroxyl groups excluding tert-OH is 1. The van der Waals surface area contributed by atoms with Gasteiger partial charge in [-0.05, 0) is 25.1 Å². The summed E-state index contributed by atoms with van der Waals surface area (Å²) in [5.41, 5.74) is 2.82. The van der Waals surface area contributed by atoms with Crippen molar-refractivity contribution in [2.75, 3.05) is 32.1 Å². The molecule has 128 valence electrons. The van der Waals surface area contributed by atoms with Gasteiger partial charge in [0.15, 0.2) is 0 Å². The maximum absolute atomic E-state index is 11.6. The standard InChI is InChI=1S/C18H23N3O3/c1-11-6-16(14-5-4-13(24-3)8-15(14)20-11)21-9-12(17(22)10-21)7-18(23)19-2/h4-6,8,12,17,22H,7,9-10H2,1-3H3,(H,19,23)/t12-,17-/m1/s1. The number of carbonyl (C=O) groups is 1. The summed E-state index contributed by atoms with van der Waals surface area (Å²) in [5, 5.41) is 14.0. The maximum atomic E-state index is 11.6. The zero-order chi connectivity index (χ0) is 17.3. The number of benzene rings is 1. The molecule has 1 aromatic carbocycles. The van der Waals surface area contributed by atoms with Crippen LogP contribution in [0.25, 0.3) is 10.9 Å². The van der Waals surface area contributed by atoms with Crippen molar-refractivity contribution in [1.29, 1.82) is 0 Å². The van der Waals surface area contributed by atoms with Crippen molar-refractivity contribution < 1.29 is 14.6 Å². The van der Waals surface area contributed by atoms with Crippen LogP contribution in [-0.4, -0.2) is 49.3 Å². The first-order chi connectivity index (χ1) is 11.5. The third-order valence-electron chi connectivity index (χ3n) is 4.60. The Kier molecular flexibility index (Phi) is 4.57. The molecule has 0 radical (unpaired) electrons. The molecule has 2 N–H and O–H groups in total. The Hall–Kier alpha value is -2.34. The minimum atomic E-state index is -0.510. The van der Waals surface area contributed by atoms with Gasteiger partial charge in [0.1, 0.15) is 5.75 Å². The van der Waals surface area contributed by atoms with Crippen molar-refractivity contribution in [1.82, 2.24) is 10.3 Å². The molecule has 0 saturated carbocycles. The minimum absolute atomic E-state index is 0.0404. The lowest BCUT2D eigenvalue weighted by molar-refractivity contribution is -0.122. The van der Waals surface area contributed by atoms with Gasteiger partial charge in [0.25, 0.3) is 0 Å². The van der Waals surface area contributed by atoms with Crippen LogP contribution in [0.15, 0.2) is 24.3 Å². The number of amides is 1. The predicted octanol–water partition coefficient (Wildman–Crippen LogP) is 1.49. The molecule has 1 saturated heterocycles. The Bertz CT molecular complexity index is 763. The second-order valence-corrected chi connectivity index (χ2v) is 6.28. The van der Waals surface area contributed by atoms with Gasteiger partial charge in [-0.1, -0.05) is 0 Å². The van der Waals surface area contributed by atoms with E-state index in [1.807, 2.05) is 31.2 Å². The van der Waals surface area contributed by atoms with Crippen LogP contribution >= 0.6 is 0 Å². The number of aromatic nitrogens is 1. The number of ether oxygens (including phenoxy) is 1. The first-order valence-corrected chi connectivity index (χ1v) is 8.10. The second kappa shape index (κ2) is 6.65. The van der Waals surface area contributed by atoms with E-state index in [2.05, 4.69) is 15.2 Å². The van der Waals surface area contributed by atoms with Crippen LogP contribution in [0.5, 0.6) is 5.75 Å². The Morgan fingerprint density at radius 3 is 2.92 bits per heavy atom. The summed E-state index contributed by atoms with van der Waals surface area (Å²) in [6.45, 7) is 3.13. The number of fused-ring (bicyclic) bond motifs is 1. The first kappa shape index (κ1) is 16.5. The molecule has 0 bridgehead atoms. The normalized spacial score (nSPS) is 20.4. The van der Waals surface area contributed by atoms with Crippen LogP contribution < -0.4 is 15.0 Å². The van der Waals surface area contributed by atoms with Gasteiger partial charge in [-0.25, -0.2) is 0 Å². The number of nitrogens with zero attached hydrogens (tertiary/aromatic N) is 2. The number of pyridine rings is 1. The molecule has 6 nitrogen and oxygen atoms in total. The molecule has 1 aromatic heterocycles. The molecule has 2 atom stereocenters. The van der Waals surface area contributed by atoms with Crippen molar-refractivity contribution in [2.24, 2.45) is 5.92 Å². The fourth-order valence-corrected chi connectivity index (χ4v) is 3.30. The molecule has 0 spiro atoms. The van der Waals surface area contributed by atoms with E-state index < -0.39 is 6.10 Å². The van der Waals surface area contributed by atoms with Crippen molar-refractivity contribution in [3.05, 3.63) is 30.0 Å². The third-order valence-corrected chi connectivity index (χ3v) is 4.60. The number of hydrogen-bond donors (Lipinski definition) is 2. The number of aliphatic hydroxyl groups is 1. The van der Waals surface area contributed by atoms with E-state index in [4.69, 9.17) is 4.74 Å². The summed E-state index contributed by atoms with van der Waals surface area (Å²) < 4.78 is 5.28. The van der Waals surface area contributed by atoms with Gasteiger partial charge >= 0.3 is 0 Å². The molecule has 24 heavy (non-hydrogen) atoms. The largest absolute Gasteiger partial charge is 0.497 e. The van der Waals surface area contributed by atoms with E-state index in [0.29, 0.717) is 19.5 Å². The van der Waals surface area contributed by atoms with Gasteiger partial charge < -0.3 is 20.1 Å². The number of β-amino-alcohol motifs (C(OH)–C–C–N with tert-alkyl or cyclic N) is 1. The number of rotatable bonds is 4. The van der Waals surface area contributed by atoms with Gasteiger partial charge in [0.05, 0.1) is 18.7 Å². The van der Waals surface area contributed by atoms with Gasteiger partial charge in [-0.15, -0.1) is 0 Å². The summed E-state index contributed by atoms with van der Waals surface area (Å²) in [4.78, 5) is 18.4. The van der Waals surface area contributed by atoms with Crippen LogP contribution in [0.2, 0.25) is 0 Å². The second-order valence-electron chi connectivity index (χ2n) is 6.28. The monoisotopic (exact) mass is 329 g/mol. The Labute approximate surface area is 141 Å². The molecule has 1 fully saturated rings. The van der Waals surface area contributed by atoms with E-state index in [0.717, 1.165) is 28.0 Å². The minimum Gasteiger partial charge on any atom is -0.497 e. The molecule has 0 aliphatic carbocycles. The Morgan fingerprint density at radius 1 is 1.42 bits per heavy atom. The molecule has 6 heteroatoms. The molecule has 3 rings (SSSR count). The maximum Gasteiger partial charge on any atom is 0.220 e. The molecule has 0 unspecified atom stereocenters. The molecule has 2 heterocycles. The van der Waals surface area contributed by atoms with Crippen LogP contribution in [0.1, 0.15) is 12.1 Å². The third kappa shape index (κ3) is 3.14. The van der Waals surface area contributed by atoms with Gasteiger partial charge in [0, 0.05) is 55.3 Å². The van der Waals surface area contributed by atoms with E-state index in [9.17, 15) is 9.90 Å². The lowest BCUT2D eigenvalue weighted by Crippen LogP contribution is -2.27. The van der Waals surface area contributed by atoms with Gasteiger partial charge in [0.2, 0.25) is 5.91 Å². The van der Waals surface area contributed by atoms with E-state index in [1.54, 1.807) is 14.2 Å². The van der Waals surface area contributed by atoms with Crippen LogP contribution in [0.3, 0.4) is 0 Å². The predicted molar refractivity (Wildman–Crippen MR) is 93.4 cm³/mol. The van der Waals surface area contributed by atoms with Crippen molar-refractivity contribution in [3.8, 4) is 5.75 Å². The fourth-order valence-electron chi connectivity index (χ4n) is 3.30. The number of hydrogen-bond acceptors (Lipinski definition) is 5. The lowest BCUT2D eigenvalue weighted by Gasteiger charge is -2.21. The Morgan fingerprint density at radius 2 is 2.21 bits per heavy atom. The smallest absolute Gasteiger partial charge is 0.220 e. The molecule has 1 aliphatic heterocycles. The molecular formula is C18H23N3O3. The molecule has 2 aromatic rings. The van der Waals surface area contributed by atoms with Gasteiger partial charge in [-0.2, -0.15) is 0 Å². The topological polar surface area (TPSA) is 74.7 Å². The molecule has 1 amide bonds. The zero-order valence-corrected chi connectivity index (χ0v) is 14.2. The summed E-state index contributed by atoms with van der Waals surface area (Å²) in [6.07, 6.45) is -0.173. The molecule has 1 aliphatic rings. The van der Waals surface area contributed by atoms with E-state index in [-0.39, 0.29) is 11.8 Å². The summed E-state index contributed by atoms with van der Waals surface area (Å²) in [7, 11) is 3.26. The number of methoxy groups -OCH3 is 1. The van der Waals surface area contributed by atoms with Crippen molar-refractivity contribution >= 4 is 22.5 Å². The van der Waals surface area contributed by atoms with Crippen LogP contribution in [0.4, 0.5) is 5.69 Å². The lowest BCUT2D eigenvalue weighted by atomic mass is 10.0. The molecular weight excluding hydrogens is 306 g/mol. The highest BCUT2D eigenvalue weighted by atomic mass is 16.5. The highest BCUT2D eigenvalue weighted by Crippen LogP contribution is 2.33. The highest BCUT2D eigenvalue weighted by Gasteiger charge is 2.33. The quantitative estimate of drug-likeness (QED) is 0.889. The summed E-state index contributed by atoms with van der Waals surface area (Å²) in [6, 6.07) is 7.86. The SMILES string of the molecule is CNC(=O)C[C@@H]1CN(c2cc(C)nc3cc(OC)ccc23)C[C@H]1O. The number of anilines is 1.